The van der Waals surface area contributed by atoms with Crippen LogP contribution >= 0.6 is 0 Å². The molecule has 0 amide bonds. The van der Waals surface area contributed by atoms with Crippen LogP contribution in [-0.2, 0) is 6.18 Å². The third-order valence-electron chi connectivity index (χ3n) is 4.31. The van der Waals surface area contributed by atoms with E-state index < -0.39 is 11.7 Å². The Morgan fingerprint density at radius 2 is 1.86 bits per heavy atom. The molecule has 3 atom stereocenters. The van der Waals surface area contributed by atoms with Crippen molar-refractivity contribution in [2.24, 2.45) is 5.92 Å². The fraction of sp³-hybridized carbons (Fsp3) is 0.625. The first-order valence-corrected chi connectivity index (χ1v) is 7.39. The number of nitrogens with zero attached hydrogens (tertiary/aromatic N) is 1. The Labute approximate surface area is 124 Å². The predicted octanol–water partition coefficient (Wildman–Crippen LogP) is 3.70. The van der Waals surface area contributed by atoms with E-state index >= 15 is 0 Å². The van der Waals surface area contributed by atoms with E-state index in [0.29, 0.717) is 12.0 Å². The molecule has 1 aromatic rings. The van der Waals surface area contributed by atoms with Crippen LogP contribution in [-0.4, -0.2) is 31.1 Å². The lowest BCUT2D eigenvalue weighted by atomic mass is 9.92. The van der Waals surface area contributed by atoms with Crippen LogP contribution in [0.15, 0.2) is 24.3 Å². The maximum absolute atomic E-state index is 12.6. The Bertz CT molecular complexity index is 456. The van der Waals surface area contributed by atoms with Gasteiger partial charge in [-0.3, -0.25) is 0 Å². The monoisotopic (exact) mass is 300 g/mol. The number of alkyl halides is 3. The zero-order chi connectivity index (χ0) is 15.6. The van der Waals surface area contributed by atoms with Gasteiger partial charge in [-0.25, -0.2) is 0 Å². The van der Waals surface area contributed by atoms with Gasteiger partial charge in [-0.1, -0.05) is 19.1 Å². The molecule has 0 bridgehead atoms. The second-order valence-corrected chi connectivity index (χ2v) is 6.14. The summed E-state index contributed by atoms with van der Waals surface area (Å²) in [5.41, 5.74) is 0.306. The third-order valence-corrected chi connectivity index (χ3v) is 4.31. The quantitative estimate of drug-likeness (QED) is 0.915. The normalized spacial score (nSPS) is 25.8. The van der Waals surface area contributed by atoms with Crippen molar-refractivity contribution in [2.45, 2.75) is 38.5 Å². The average Bonchev–Trinajstić information content (AvgIpc) is 2.41. The highest BCUT2D eigenvalue weighted by Crippen LogP contribution is 2.30. The van der Waals surface area contributed by atoms with Gasteiger partial charge >= 0.3 is 6.18 Å². The zero-order valence-electron chi connectivity index (χ0n) is 12.7. The van der Waals surface area contributed by atoms with Crippen molar-refractivity contribution in [3.05, 3.63) is 35.4 Å². The fourth-order valence-corrected chi connectivity index (χ4v) is 2.98. The maximum Gasteiger partial charge on any atom is 0.416 e. The molecule has 1 saturated heterocycles. The van der Waals surface area contributed by atoms with E-state index in [9.17, 15) is 13.2 Å². The molecule has 1 N–H and O–H groups in total. The van der Waals surface area contributed by atoms with E-state index in [-0.39, 0.29) is 6.04 Å². The van der Waals surface area contributed by atoms with Crippen LogP contribution in [0.4, 0.5) is 13.2 Å². The molecule has 0 aromatic heterocycles. The molecule has 5 heteroatoms. The van der Waals surface area contributed by atoms with Gasteiger partial charge in [0.2, 0.25) is 0 Å². The van der Waals surface area contributed by atoms with Crippen molar-refractivity contribution in [1.82, 2.24) is 10.2 Å². The molecule has 1 aliphatic heterocycles. The largest absolute Gasteiger partial charge is 0.416 e. The van der Waals surface area contributed by atoms with Crippen molar-refractivity contribution in [1.29, 1.82) is 0 Å². The highest BCUT2D eigenvalue weighted by atomic mass is 19.4. The van der Waals surface area contributed by atoms with E-state index in [0.717, 1.165) is 37.2 Å². The van der Waals surface area contributed by atoms with Gasteiger partial charge in [0.25, 0.3) is 0 Å². The number of rotatable bonds is 3. The lowest BCUT2D eigenvalue weighted by Crippen LogP contribution is -2.47. The molecule has 0 aliphatic carbocycles. The number of likely N-dealkylation sites (tertiary alicyclic amines) is 1. The minimum Gasteiger partial charge on any atom is -0.307 e. The van der Waals surface area contributed by atoms with Gasteiger partial charge in [-0.2, -0.15) is 13.2 Å². The summed E-state index contributed by atoms with van der Waals surface area (Å²) < 4.78 is 37.7. The summed E-state index contributed by atoms with van der Waals surface area (Å²) in [6.07, 6.45) is -3.19. The molecule has 0 saturated carbocycles. The molecule has 1 aromatic carbocycles. The second kappa shape index (κ2) is 6.36. The first-order chi connectivity index (χ1) is 9.77. The van der Waals surface area contributed by atoms with Gasteiger partial charge in [-0.05, 0) is 50.6 Å². The van der Waals surface area contributed by atoms with E-state index in [1.54, 1.807) is 12.1 Å². The van der Waals surface area contributed by atoms with Gasteiger partial charge in [0.05, 0.1) is 5.56 Å². The average molecular weight is 300 g/mol. The summed E-state index contributed by atoms with van der Waals surface area (Å²) in [5, 5.41) is 3.56. The van der Waals surface area contributed by atoms with Gasteiger partial charge in [0.1, 0.15) is 0 Å². The van der Waals surface area contributed by atoms with Crippen LogP contribution in [0.5, 0.6) is 0 Å². The van der Waals surface area contributed by atoms with Crippen molar-refractivity contribution in [2.75, 3.05) is 20.1 Å². The van der Waals surface area contributed by atoms with E-state index in [4.69, 9.17) is 0 Å². The number of halogens is 3. The number of hydrogen-bond acceptors (Lipinski definition) is 2. The predicted molar refractivity (Wildman–Crippen MR) is 78.1 cm³/mol. The van der Waals surface area contributed by atoms with Gasteiger partial charge in [-0.15, -0.1) is 0 Å². The van der Waals surface area contributed by atoms with Gasteiger partial charge in [0.15, 0.2) is 0 Å². The first kappa shape index (κ1) is 16.3. The summed E-state index contributed by atoms with van der Waals surface area (Å²) in [6.45, 7) is 6.33. The molecule has 1 aliphatic rings. The molecular formula is C16H23F3N2. The fourth-order valence-electron chi connectivity index (χ4n) is 2.98. The molecule has 21 heavy (non-hydrogen) atoms. The molecule has 1 fully saturated rings. The molecule has 1 heterocycles. The summed E-state index contributed by atoms with van der Waals surface area (Å²) in [5.74, 6) is 0.542. The highest BCUT2D eigenvalue weighted by molar-refractivity contribution is 5.26. The number of piperidine rings is 1. The minimum absolute atomic E-state index is 0.0585. The zero-order valence-corrected chi connectivity index (χ0v) is 12.7. The summed E-state index contributed by atoms with van der Waals surface area (Å²) in [6, 6.07) is 5.93. The smallest absolute Gasteiger partial charge is 0.307 e. The first-order valence-electron chi connectivity index (χ1n) is 7.39. The van der Waals surface area contributed by atoms with Crippen LogP contribution in [0.1, 0.15) is 37.4 Å². The van der Waals surface area contributed by atoms with Crippen LogP contribution in [0.2, 0.25) is 0 Å². The third kappa shape index (κ3) is 4.20. The van der Waals surface area contributed by atoms with Crippen LogP contribution in [0.3, 0.4) is 0 Å². The van der Waals surface area contributed by atoms with Crippen LogP contribution < -0.4 is 5.32 Å². The summed E-state index contributed by atoms with van der Waals surface area (Å²) in [4.78, 5) is 2.31. The molecule has 2 nitrogen and oxygen atoms in total. The Balaban J connectivity index is 1.98. The standard InChI is InChI=1S/C16H23F3N2/c1-11-10-21(3)9-8-15(11)20-12(2)13-4-6-14(7-5-13)16(17,18)19/h4-7,11-12,15,20H,8-10H2,1-3H3. The van der Waals surface area contributed by atoms with Gasteiger partial charge in [0, 0.05) is 18.6 Å². The van der Waals surface area contributed by atoms with Crippen molar-refractivity contribution in [3.8, 4) is 0 Å². The summed E-state index contributed by atoms with van der Waals surface area (Å²) >= 11 is 0. The molecule has 0 radical (unpaired) electrons. The van der Waals surface area contributed by atoms with Crippen molar-refractivity contribution >= 4 is 0 Å². The van der Waals surface area contributed by atoms with Crippen molar-refractivity contribution < 1.29 is 13.2 Å². The SMILES string of the molecule is CC(NC1CCN(C)CC1C)c1ccc(C(F)(F)F)cc1. The van der Waals surface area contributed by atoms with E-state index in [2.05, 4.69) is 24.2 Å². The topological polar surface area (TPSA) is 15.3 Å². The van der Waals surface area contributed by atoms with E-state index in [1.165, 1.54) is 0 Å². The number of nitrogens with one attached hydrogen (secondary N) is 1. The lowest BCUT2D eigenvalue weighted by molar-refractivity contribution is -0.137. The Morgan fingerprint density at radius 1 is 1.24 bits per heavy atom. The molecular weight excluding hydrogens is 277 g/mol. The number of benzene rings is 1. The van der Waals surface area contributed by atoms with E-state index in [1.807, 2.05) is 6.92 Å². The molecule has 0 spiro atoms. The van der Waals surface area contributed by atoms with Crippen LogP contribution in [0, 0.1) is 5.92 Å². The Hall–Kier alpha value is -1.07. The summed E-state index contributed by atoms with van der Waals surface area (Å²) in [7, 11) is 2.12. The molecule has 2 rings (SSSR count). The molecule has 118 valence electrons. The second-order valence-electron chi connectivity index (χ2n) is 6.14. The highest BCUT2D eigenvalue weighted by Gasteiger charge is 2.30. The van der Waals surface area contributed by atoms with Crippen LogP contribution in [0.25, 0.3) is 0 Å². The Kier molecular flexibility index (Phi) is 4.94. The minimum atomic E-state index is -4.27. The molecule has 3 unspecified atom stereocenters. The Morgan fingerprint density at radius 3 is 2.38 bits per heavy atom. The van der Waals surface area contributed by atoms with Gasteiger partial charge < -0.3 is 10.2 Å². The van der Waals surface area contributed by atoms with Crippen molar-refractivity contribution in [3.63, 3.8) is 0 Å². The maximum atomic E-state index is 12.6. The lowest BCUT2D eigenvalue weighted by Gasteiger charge is -2.37. The number of hydrogen-bond donors (Lipinski definition) is 1.